The number of rotatable bonds is 3. The second-order valence-corrected chi connectivity index (χ2v) is 5.79. The summed E-state index contributed by atoms with van der Waals surface area (Å²) in [4.78, 5) is 16.7. The summed E-state index contributed by atoms with van der Waals surface area (Å²) in [5.74, 6) is -0.129. The molecule has 4 aromatic rings. The number of aryl methyl sites for hydroxylation is 1. The fourth-order valence-corrected chi connectivity index (χ4v) is 2.85. The third-order valence-corrected chi connectivity index (χ3v) is 4.14. The van der Waals surface area contributed by atoms with Crippen LogP contribution in [0.2, 0.25) is 0 Å². The van der Waals surface area contributed by atoms with E-state index in [4.69, 9.17) is 0 Å². The summed E-state index contributed by atoms with van der Waals surface area (Å²) in [7, 11) is 1.89. The minimum Gasteiger partial charge on any atom is -0.322 e. The molecule has 2 aromatic heterocycles. The van der Waals surface area contributed by atoms with Crippen molar-refractivity contribution in [2.45, 2.75) is 0 Å². The van der Waals surface area contributed by atoms with Gasteiger partial charge in [0, 0.05) is 35.4 Å². The maximum Gasteiger partial charge on any atom is 0.255 e. The van der Waals surface area contributed by atoms with Gasteiger partial charge < -0.3 is 5.32 Å². The van der Waals surface area contributed by atoms with Crippen molar-refractivity contribution in [1.82, 2.24) is 14.8 Å². The van der Waals surface area contributed by atoms with Gasteiger partial charge in [-0.1, -0.05) is 30.3 Å². The van der Waals surface area contributed by atoms with Crippen LogP contribution in [-0.4, -0.2) is 20.7 Å². The van der Waals surface area contributed by atoms with E-state index < -0.39 is 0 Å². The predicted molar refractivity (Wildman–Crippen MR) is 98.3 cm³/mol. The standard InChI is InChI=1S/C20H16N4O/c1-24-19-13-21-11-17(18(19)12-22-24)15-8-5-9-16(10-15)23-20(25)14-6-3-2-4-7-14/h2-13H,1H3,(H,23,25). The van der Waals surface area contributed by atoms with Gasteiger partial charge in [-0.05, 0) is 29.8 Å². The van der Waals surface area contributed by atoms with Crippen LogP contribution in [0.5, 0.6) is 0 Å². The summed E-state index contributed by atoms with van der Waals surface area (Å²) in [6.45, 7) is 0. The smallest absolute Gasteiger partial charge is 0.255 e. The molecule has 4 rings (SSSR count). The first-order chi connectivity index (χ1) is 12.2. The molecule has 5 heteroatoms. The number of nitrogens with one attached hydrogen (secondary N) is 1. The molecule has 0 radical (unpaired) electrons. The monoisotopic (exact) mass is 328 g/mol. The summed E-state index contributed by atoms with van der Waals surface area (Å²) in [6, 6.07) is 16.9. The number of carbonyl (C=O) groups is 1. The Bertz CT molecular complexity index is 1050. The van der Waals surface area contributed by atoms with Crippen LogP contribution < -0.4 is 5.32 Å². The lowest BCUT2D eigenvalue weighted by molar-refractivity contribution is 0.102. The molecule has 0 aliphatic rings. The first-order valence-corrected chi connectivity index (χ1v) is 7.95. The topological polar surface area (TPSA) is 59.8 Å². The van der Waals surface area contributed by atoms with E-state index in [1.54, 1.807) is 23.0 Å². The molecule has 0 saturated carbocycles. The van der Waals surface area contributed by atoms with E-state index in [9.17, 15) is 4.79 Å². The summed E-state index contributed by atoms with van der Waals surface area (Å²) in [5.41, 5.74) is 4.31. The van der Waals surface area contributed by atoms with Crippen LogP contribution in [0, 0.1) is 0 Å². The Hall–Kier alpha value is -3.47. The summed E-state index contributed by atoms with van der Waals surface area (Å²) in [6.07, 6.45) is 5.45. The molecular weight excluding hydrogens is 312 g/mol. The third-order valence-electron chi connectivity index (χ3n) is 4.14. The Morgan fingerprint density at radius 2 is 1.84 bits per heavy atom. The lowest BCUT2D eigenvalue weighted by atomic mass is 10.0. The fourth-order valence-electron chi connectivity index (χ4n) is 2.85. The molecule has 1 amide bonds. The molecule has 1 N–H and O–H groups in total. The molecule has 0 saturated heterocycles. The van der Waals surface area contributed by atoms with E-state index in [0.717, 1.165) is 27.7 Å². The molecule has 2 heterocycles. The first-order valence-electron chi connectivity index (χ1n) is 7.95. The molecule has 0 aliphatic heterocycles. The van der Waals surface area contributed by atoms with Crippen LogP contribution in [0.15, 0.2) is 73.2 Å². The summed E-state index contributed by atoms with van der Waals surface area (Å²) < 4.78 is 1.80. The van der Waals surface area contributed by atoms with Gasteiger partial charge in [0.05, 0.1) is 17.9 Å². The highest BCUT2D eigenvalue weighted by Gasteiger charge is 2.10. The van der Waals surface area contributed by atoms with Crippen molar-refractivity contribution >= 4 is 22.5 Å². The molecule has 122 valence electrons. The molecular formula is C20H16N4O. The first kappa shape index (κ1) is 15.1. The maximum atomic E-state index is 12.3. The highest BCUT2D eigenvalue weighted by Crippen LogP contribution is 2.29. The maximum absolute atomic E-state index is 12.3. The van der Waals surface area contributed by atoms with Crippen LogP contribution in [0.25, 0.3) is 22.0 Å². The number of amides is 1. The third kappa shape index (κ3) is 2.87. The largest absolute Gasteiger partial charge is 0.322 e. The Morgan fingerprint density at radius 3 is 2.68 bits per heavy atom. The molecule has 25 heavy (non-hydrogen) atoms. The second-order valence-electron chi connectivity index (χ2n) is 5.79. The van der Waals surface area contributed by atoms with E-state index in [1.807, 2.05) is 61.9 Å². The number of hydrogen-bond acceptors (Lipinski definition) is 3. The van der Waals surface area contributed by atoms with Crippen molar-refractivity contribution in [2.24, 2.45) is 7.05 Å². The van der Waals surface area contributed by atoms with E-state index in [0.29, 0.717) is 5.56 Å². The lowest BCUT2D eigenvalue weighted by Gasteiger charge is -2.08. The zero-order valence-corrected chi connectivity index (χ0v) is 13.7. The fraction of sp³-hybridized carbons (Fsp3) is 0.0500. The van der Waals surface area contributed by atoms with Crippen LogP contribution in [-0.2, 0) is 7.05 Å². The lowest BCUT2D eigenvalue weighted by Crippen LogP contribution is -2.11. The van der Waals surface area contributed by atoms with Crippen LogP contribution >= 0.6 is 0 Å². The number of nitrogens with zero attached hydrogens (tertiary/aromatic N) is 3. The van der Waals surface area contributed by atoms with Gasteiger partial charge in [0.2, 0.25) is 0 Å². The number of hydrogen-bond donors (Lipinski definition) is 1. The highest BCUT2D eigenvalue weighted by atomic mass is 16.1. The second kappa shape index (κ2) is 6.20. The van der Waals surface area contributed by atoms with Gasteiger partial charge in [-0.2, -0.15) is 5.10 Å². The van der Waals surface area contributed by atoms with Crippen molar-refractivity contribution in [1.29, 1.82) is 0 Å². The van der Waals surface area contributed by atoms with E-state index in [2.05, 4.69) is 15.4 Å². The summed E-state index contributed by atoms with van der Waals surface area (Å²) >= 11 is 0. The SMILES string of the molecule is Cn1ncc2c(-c3cccc(NC(=O)c4ccccc4)c3)cncc21. The molecule has 2 aromatic carbocycles. The Kier molecular flexibility index (Phi) is 3.74. The van der Waals surface area contributed by atoms with Crippen molar-refractivity contribution < 1.29 is 4.79 Å². The van der Waals surface area contributed by atoms with Crippen LogP contribution in [0.4, 0.5) is 5.69 Å². The van der Waals surface area contributed by atoms with E-state index in [-0.39, 0.29) is 5.91 Å². The van der Waals surface area contributed by atoms with Crippen molar-refractivity contribution in [2.75, 3.05) is 5.32 Å². The summed E-state index contributed by atoms with van der Waals surface area (Å²) in [5, 5.41) is 8.27. The van der Waals surface area contributed by atoms with E-state index >= 15 is 0 Å². The van der Waals surface area contributed by atoms with Crippen LogP contribution in [0.3, 0.4) is 0 Å². The van der Waals surface area contributed by atoms with Gasteiger partial charge in [-0.25, -0.2) is 0 Å². The zero-order chi connectivity index (χ0) is 17.2. The number of aromatic nitrogens is 3. The van der Waals surface area contributed by atoms with Crippen molar-refractivity contribution in [3.05, 3.63) is 78.8 Å². The van der Waals surface area contributed by atoms with Gasteiger partial charge in [-0.15, -0.1) is 0 Å². The van der Waals surface area contributed by atoms with Gasteiger partial charge in [0.25, 0.3) is 5.91 Å². The molecule has 0 aliphatic carbocycles. The molecule has 0 bridgehead atoms. The molecule has 0 spiro atoms. The molecule has 0 atom stereocenters. The molecule has 0 unspecified atom stereocenters. The van der Waals surface area contributed by atoms with Crippen molar-refractivity contribution in [3.8, 4) is 11.1 Å². The minimum absolute atomic E-state index is 0.129. The normalized spacial score (nSPS) is 10.8. The Morgan fingerprint density at radius 1 is 1.00 bits per heavy atom. The Balaban J connectivity index is 1.69. The van der Waals surface area contributed by atoms with Gasteiger partial charge >= 0.3 is 0 Å². The van der Waals surface area contributed by atoms with Gasteiger partial charge in [0.1, 0.15) is 0 Å². The zero-order valence-electron chi connectivity index (χ0n) is 13.7. The highest BCUT2D eigenvalue weighted by molar-refractivity contribution is 6.04. The molecule has 0 fully saturated rings. The number of benzene rings is 2. The number of pyridine rings is 1. The minimum atomic E-state index is -0.129. The average Bonchev–Trinajstić information content (AvgIpc) is 3.04. The quantitative estimate of drug-likeness (QED) is 0.621. The number of carbonyl (C=O) groups excluding carboxylic acids is 1. The Labute approximate surface area is 144 Å². The number of anilines is 1. The predicted octanol–water partition coefficient (Wildman–Crippen LogP) is 3.89. The average molecular weight is 328 g/mol. The van der Waals surface area contributed by atoms with Gasteiger partial charge in [-0.3, -0.25) is 14.5 Å². The van der Waals surface area contributed by atoms with E-state index in [1.165, 1.54) is 0 Å². The van der Waals surface area contributed by atoms with Crippen molar-refractivity contribution in [3.63, 3.8) is 0 Å². The number of fused-ring (bicyclic) bond motifs is 1. The molecule has 5 nitrogen and oxygen atoms in total. The van der Waals surface area contributed by atoms with Gasteiger partial charge in [0.15, 0.2) is 0 Å². The van der Waals surface area contributed by atoms with Crippen LogP contribution in [0.1, 0.15) is 10.4 Å².